The number of nitrogens with zero attached hydrogens (tertiary/aromatic N) is 1. The zero-order chi connectivity index (χ0) is 15.7. The Kier molecular flexibility index (Phi) is 4.05. The van der Waals surface area contributed by atoms with E-state index in [1.165, 1.54) is 0 Å². The monoisotopic (exact) mass is 301 g/mol. The lowest BCUT2D eigenvalue weighted by Crippen LogP contribution is -2.35. The molecule has 0 radical (unpaired) electrons. The molecule has 1 aliphatic heterocycles. The summed E-state index contributed by atoms with van der Waals surface area (Å²) in [4.78, 5) is 26.0. The van der Waals surface area contributed by atoms with Gasteiger partial charge < -0.3 is 15.5 Å². The van der Waals surface area contributed by atoms with Crippen molar-refractivity contribution in [3.05, 3.63) is 23.8 Å². The van der Waals surface area contributed by atoms with Crippen LogP contribution in [0.25, 0.3) is 0 Å². The quantitative estimate of drug-likeness (QED) is 0.898. The summed E-state index contributed by atoms with van der Waals surface area (Å²) in [5, 5.41) is 5.74. The third kappa shape index (κ3) is 3.08. The maximum Gasteiger partial charge on any atom is 0.319 e. The van der Waals surface area contributed by atoms with E-state index < -0.39 is 0 Å². The van der Waals surface area contributed by atoms with Crippen LogP contribution in [0.1, 0.15) is 38.7 Å². The summed E-state index contributed by atoms with van der Waals surface area (Å²) in [7, 11) is 0. The van der Waals surface area contributed by atoms with Crippen LogP contribution in [0, 0.1) is 5.92 Å². The van der Waals surface area contributed by atoms with Gasteiger partial charge in [0.25, 0.3) is 0 Å². The van der Waals surface area contributed by atoms with E-state index >= 15 is 0 Å². The second-order valence-electron chi connectivity index (χ2n) is 6.27. The summed E-state index contributed by atoms with van der Waals surface area (Å²) >= 11 is 0. The molecule has 1 aromatic rings. The Hall–Kier alpha value is -2.04. The summed E-state index contributed by atoms with van der Waals surface area (Å²) < 4.78 is 0. The van der Waals surface area contributed by atoms with Crippen LogP contribution in [0.2, 0.25) is 0 Å². The van der Waals surface area contributed by atoms with Gasteiger partial charge in [-0.2, -0.15) is 0 Å². The van der Waals surface area contributed by atoms with Gasteiger partial charge in [-0.15, -0.1) is 0 Å². The summed E-state index contributed by atoms with van der Waals surface area (Å²) in [5.74, 6) is 0.499. The Balaban J connectivity index is 1.67. The number of fused-ring (bicyclic) bond motifs is 1. The Labute approximate surface area is 131 Å². The maximum absolute atomic E-state index is 12.2. The van der Waals surface area contributed by atoms with Crippen molar-refractivity contribution in [1.82, 2.24) is 5.32 Å². The summed E-state index contributed by atoms with van der Waals surface area (Å²) in [5.41, 5.74) is 2.92. The average Bonchev–Trinajstić information content (AvgIpc) is 3.26. The topological polar surface area (TPSA) is 61.4 Å². The highest BCUT2D eigenvalue weighted by Gasteiger charge is 2.36. The fourth-order valence-electron chi connectivity index (χ4n) is 2.75. The Morgan fingerprint density at radius 1 is 1.36 bits per heavy atom. The Bertz CT molecular complexity index is 596. The van der Waals surface area contributed by atoms with E-state index in [2.05, 4.69) is 10.6 Å². The lowest BCUT2D eigenvalue weighted by molar-refractivity contribution is -0.119. The van der Waals surface area contributed by atoms with Gasteiger partial charge in [0, 0.05) is 29.9 Å². The molecule has 1 fully saturated rings. The van der Waals surface area contributed by atoms with Gasteiger partial charge in [0.1, 0.15) is 0 Å². The van der Waals surface area contributed by atoms with Crippen LogP contribution in [-0.4, -0.2) is 24.5 Å². The fourth-order valence-corrected chi connectivity index (χ4v) is 2.75. The number of rotatable bonds is 4. The average molecular weight is 301 g/mol. The lowest BCUT2D eigenvalue weighted by atomic mass is 10.1. The number of carbonyl (C=O) groups is 2. The molecule has 1 aromatic carbocycles. The van der Waals surface area contributed by atoms with Crippen LogP contribution >= 0.6 is 0 Å². The first kappa shape index (κ1) is 14.9. The molecule has 3 rings (SSSR count). The van der Waals surface area contributed by atoms with Crippen LogP contribution in [0.5, 0.6) is 0 Å². The van der Waals surface area contributed by atoms with Crippen LogP contribution in [-0.2, 0) is 11.2 Å². The second-order valence-corrected chi connectivity index (χ2v) is 6.27. The number of carbonyl (C=O) groups excluding carboxylic acids is 2. The third-order valence-corrected chi connectivity index (χ3v) is 4.42. The fraction of sp³-hybridized carbons (Fsp3) is 0.529. The molecule has 1 saturated carbocycles. The van der Waals surface area contributed by atoms with Crippen molar-refractivity contribution in [1.29, 1.82) is 0 Å². The van der Waals surface area contributed by atoms with Crippen molar-refractivity contribution in [2.45, 2.75) is 45.6 Å². The van der Waals surface area contributed by atoms with Crippen LogP contribution in [0.15, 0.2) is 18.2 Å². The van der Waals surface area contributed by atoms with Crippen molar-refractivity contribution >= 4 is 23.3 Å². The van der Waals surface area contributed by atoms with Crippen molar-refractivity contribution in [2.24, 2.45) is 5.92 Å². The standard InChI is InChI=1S/C17H23N3O2/c1-3-11(2)18-17(22)19-14-6-7-15-13(10-14)8-9-20(15)16(21)12-4-5-12/h6-7,10-12H,3-5,8-9H2,1-2H3,(H2,18,19,22). The van der Waals surface area contributed by atoms with E-state index in [0.717, 1.165) is 49.2 Å². The zero-order valence-corrected chi connectivity index (χ0v) is 13.2. The Morgan fingerprint density at radius 2 is 2.14 bits per heavy atom. The van der Waals surface area contributed by atoms with E-state index in [-0.39, 0.29) is 23.9 Å². The molecule has 1 atom stereocenters. The molecule has 3 amide bonds. The minimum absolute atomic E-state index is 0.154. The number of anilines is 2. The normalized spacial score (nSPS) is 17.8. The van der Waals surface area contributed by atoms with Gasteiger partial charge in [-0.1, -0.05) is 6.92 Å². The van der Waals surface area contributed by atoms with Gasteiger partial charge in [-0.25, -0.2) is 4.79 Å². The van der Waals surface area contributed by atoms with E-state index in [1.807, 2.05) is 36.9 Å². The molecule has 2 N–H and O–H groups in total. The van der Waals surface area contributed by atoms with E-state index in [4.69, 9.17) is 0 Å². The van der Waals surface area contributed by atoms with Gasteiger partial charge in [0.05, 0.1) is 0 Å². The lowest BCUT2D eigenvalue weighted by Gasteiger charge is -2.17. The van der Waals surface area contributed by atoms with Gasteiger partial charge >= 0.3 is 6.03 Å². The van der Waals surface area contributed by atoms with Gasteiger partial charge in [0.2, 0.25) is 5.91 Å². The minimum Gasteiger partial charge on any atom is -0.335 e. The highest BCUT2D eigenvalue weighted by molar-refractivity contribution is 5.99. The van der Waals surface area contributed by atoms with E-state index in [9.17, 15) is 9.59 Å². The van der Waals surface area contributed by atoms with Crippen LogP contribution in [0.3, 0.4) is 0 Å². The van der Waals surface area contributed by atoms with Crippen molar-refractivity contribution < 1.29 is 9.59 Å². The molecule has 1 heterocycles. The zero-order valence-electron chi connectivity index (χ0n) is 13.2. The summed E-state index contributed by atoms with van der Waals surface area (Å²) in [6.45, 7) is 4.77. The van der Waals surface area contributed by atoms with Gasteiger partial charge in [-0.05, 0) is 56.4 Å². The van der Waals surface area contributed by atoms with Gasteiger partial charge in [-0.3, -0.25) is 4.79 Å². The number of urea groups is 1. The third-order valence-electron chi connectivity index (χ3n) is 4.42. The SMILES string of the molecule is CCC(C)NC(=O)Nc1ccc2c(c1)CCN2C(=O)C1CC1. The predicted octanol–water partition coefficient (Wildman–Crippen LogP) is 2.91. The molecular weight excluding hydrogens is 278 g/mol. The first-order valence-electron chi connectivity index (χ1n) is 8.10. The number of benzene rings is 1. The molecule has 1 aliphatic carbocycles. The molecule has 5 nitrogen and oxygen atoms in total. The molecule has 118 valence electrons. The smallest absolute Gasteiger partial charge is 0.319 e. The molecule has 0 spiro atoms. The Morgan fingerprint density at radius 3 is 2.82 bits per heavy atom. The predicted molar refractivity (Wildman–Crippen MR) is 87.1 cm³/mol. The van der Waals surface area contributed by atoms with Gasteiger partial charge in [0.15, 0.2) is 0 Å². The molecular formula is C17H23N3O2. The number of hydrogen-bond acceptors (Lipinski definition) is 2. The highest BCUT2D eigenvalue weighted by Crippen LogP contribution is 2.37. The largest absolute Gasteiger partial charge is 0.335 e. The highest BCUT2D eigenvalue weighted by atomic mass is 16.2. The second kappa shape index (κ2) is 5.99. The first-order chi connectivity index (χ1) is 10.6. The molecule has 0 aromatic heterocycles. The molecule has 0 saturated heterocycles. The minimum atomic E-state index is -0.182. The van der Waals surface area contributed by atoms with Crippen molar-refractivity contribution in [3.8, 4) is 0 Å². The molecule has 1 unspecified atom stereocenters. The first-order valence-corrected chi connectivity index (χ1v) is 8.10. The van der Waals surface area contributed by atoms with E-state index in [1.54, 1.807) is 0 Å². The molecule has 22 heavy (non-hydrogen) atoms. The molecule has 5 heteroatoms. The number of nitrogens with one attached hydrogen (secondary N) is 2. The number of hydrogen-bond donors (Lipinski definition) is 2. The summed E-state index contributed by atoms with van der Waals surface area (Å²) in [6, 6.07) is 5.76. The maximum atomic E-state index is 12.2. The van der Waals surface area contributed by atoms with E-state index in [0.29, 0.717) is 0 Å². The van der Waals surface area contributed by atoms with Crippen molar-refractivity contribution in [2.75, 3.05) is 16.8 Å². The summed E-state index contributed by atoms with van der Waals surface area (Å²) in [6.07, 6.45) is 3.81. The van der Waals surface area contributed by atoms with Crippen LogP contribution in [0.4, 0.5) is 16.2 Å². The van der Waals surface area contributed by atoms with Crippen LogP contribution < -0.4 is 15.5 Å². The van der Waals surface area contributed by atoms with Crippen molar-refractivity contribution in [3.63, 3.8) is 0 Å². The number of amides is 3. The molecule has 0 bridgehead atoms. The molecule has 2 aliphatic rings.